The number of pyridine rings is 1. The number of nitrogens with one attached hydrogen (secondary N) is 1. The number of halogens is 1. The third kappa shape index (κ3) is 3.49. The lowest BCUT2D eigenvalue weighted by atomic mass is 9.98. The monoisotopic (exact) mass is 370 g/mol. The summed E-state index contributed by atoms with van der Waals surface area (Å²) in [6.45, 7) is 3.91. The van der Waals surface area contributed by atoms with Gasteiger partial charge in [0.1, 0.15) is 5.82 Å². The lowest BCUT2D eigenvalue weighted by Crippen LogP contribution is -2.13. The summed E-state index contributed by atoms with van der Waals surface area (Å²) in [6, 6.07) is 21.7. The molecule has 0 radical (unpaired) electrons. The number of benzene rings is 3. The standard InChI is InChI=1S/C24H19FN2O/c1-15-9-11-17(12-10-15)20-7-4-8-21-22(13-16(2)26-23(20)21)24(28)27-19-6-3-5-18(25)14-19/h3-14H,1-2H3,(H,27,28). The molecule has 0 aliphatic heterocycles. The van der Waals surface area contributed by atoms with Gasteiger partial charge in [-0.25, -0.2) is 4.39 Å². The predicted molar refractivity (Wildman–Crippen MR) is 111 cm³/mol. The highest BCUT2D eigenvalue weighted by Crippen LogP contribution is 2.30. The highest BCUT2D eigenvalue weighted by atomic mass is 19.1. The van der Waals surface area contributed by atoms with Crippen molar-refractivity contribution in [3.8, 4) is 11.1 Å². The Bertz CT molecular complexity index is 1180. The second-order valence-corrected chi connectivity index (χ2v) is 6.84. The van der Waals surface area contributed by atoms with Gasteiger partial charge in [0, 0.05) is 22.3 Å². The number of para-hydroxylation sites is 1. The maximum absolute atomic E-state index is 13.4. The minimum Gasteiger partial charge on any atom is -0.322 e. The van der Waals surface area contributed by atoms with Crippen molar-refractivity contribution < 1.29 is 9.18 Å². The second-order valence-electron chi connectivity index (χ2n) is 6.84. The third-order valence-electron chi connectivity index (χ3n) is 4.66. The number of hydrogen-bond donors (Lipinski definition) is 1. The summed E-state index contributed by atoms with van der Waals surface area (Å²) in [7, 11) is 0. The molecule has 4 heteroatoms. The highest BCUT2D eigenvalue weighted by molar-refractivity contribution is 6.14. The van der Waals surface area contributed by atoms with Gasteiger partial charge in [0.2, 0.25) is 0 Å². The van der Waals surface area contributed by atoms with Gasteiger partial charge in [0.15, 0.2) is 0 Å². The maximum Gasteiger partial charge on any atom is 0.256 e. The number of amides is 1. The van der Waals surface area contributed by atoms with Crippen molar-refractivity contribution in [3.63, 3.8) is 0 Å². The fourth-order valence-corrected chi connectivity index (χ4v) is 3.30. The van der Waals surface area contributed by atoms with Crippen molar-refractivity contribution in [2.24, 2.45) is 0 Å². The average molecular weight is 370 g/mol. The molecular formula is C24H19FN2O. The van der Waals surface area contributed by atoms with E-state index in [1.165, 1.54) is 17.7 Å². The first-order valence-corrected chi connectivity index (χ1v) is 9.05. The number of anilines is 1. The molecule has 3 nitrogen and oxygen atoms in total. The maximum atomic E-state index is 13.4. The van der Waals surface area contributed by atoms with Gasteiger partial charge in [-0.05, 0) is 43.7 Å². The van der Waals surface area contributed by atoms with Crippen LogP contribution in [0.25, 0.3) is 22.0 Å². The van der Waals surface area contributed by atoms with Crippen molar-refractivity contribution in [2.75, 3.05) is 5.32 Å². The van der Waals surface area contributed by atoms with Gasteiger partial charge in [-0.2, -0.15) is 0 Å². The van der Waals surface area contributed by atoms with Crippen LogP contribution in [0.2, 0.25) is 0 Å². The summed E-state index contributed by atoms with van der Waals surface area (Å²) in [4.78, 5) is 17.6. The van der Waals surface area contributed by atoms with Gasteiger partial charge in [-0.1, -0.05) is 54.1 Å². The molecule has 1 N–H and O–H groups in total. The number of carbonyl (C=O) groups is 1. The number of rotatable bonds is 3. The van der Waals surface area contributed by atoms with E-state index in [1.54, 1.807) is 18.2 Å². The fourth-order valence-electron chi connectivity index (χ4n) is 3.30. The van der Waals surface area contributed by atoms with Gasteiger partial charge in [0.25, 0.3) is 5.91 Å². The molecule has 0 aliphatic carbocycles. The van der Waals surface area contributed by atoms with Crippen LogP contribution in [-0.4, -0.2) is 10.9 Å². The number of nitrogens with zero attached hydrogens (tertiary/aromatic N) is 1. The first-order chi connectivity index (χ1) is 13.5. The predicted octanol–water partition coefficient (Wildman–Crippen LogP) is 5.91. The molecule has 0 bridgehead atoms. The Morgan fingerprint density at radius 3 is 2.43 bits per heavy atom. The smallest absolute Gasteiger partial charge is 0.256 e. The molecule has 3 aromatic carbocycles. The number of hydrogen-bond acceptors (Lipinski definition) is 2. The van der Waals surface area contributed by atoms with Crippen LogP contribution in [-0.2, 0) is 0 Å². The minimum absolute atomic E-state index is 0.290. The molecule has 1 aromatic heterocycles. The summed E-state index contributed by atoms with van der Waals surface area (Å²) in [5, 5.41) is 3.54. The molecule has 1 amide bonds. The second kappa shape index (κ2) is 7.24. The van der Waals surface area contributed by atoms with Crippen molar-refractivity contribution in [3.05, 3.63) is 95.4 Å². The van der Waals surface area contributed by atoms with Crippen molar-refractivity contribution in [2.45, 2.75) is 13.8 Å². The average Bonchev–Trinajstić information content (AvgIpc) is 2.67. The molecule has 4 rings (SSSR count). The van der Waals surface area contributed by atoms with E-state index in [0.717, 1.165) is 27.7 Å². The summed E-state index contributed by atoms with van der Waals surface area (Å²) in [5.41, 5.74) is 5.66. The van der Waals surface area contributed by atoms with E-state index in [1.807, 2.05) is 32.0 Å². The van der Waals surface area contributed by atoms with Gasteiger partial charge < -0.3 is 5.32 Å². The van der Waals surface area contributed by atoms with E-state index in [-0.39, 0.29) is 5.91 Å². The number of carbonyl (C=O) groups excluding carboxylic acids is 1. The Labute approximate surface area is 162 Å². The van der Waals surface area contributed by atoms with Crippen LogP contribution < -0.4 is 5.32 Å². The lowest BCUT2D eigenvalue weighted by Gasteiger charge is -2.12. The number of fused-ring (bicyclic) bond motifs is 1. The van der Waals surface area contributed by atoms with Crippen molar-refractivity contribution in [1.82, 2.24) is 4.98 Å². The van der Waals surface area contributed by atoms with Crippen LogP contribution in [0.4, 0.5) is 10.1 Å². The first-order valence-electron chi connectivity index (χ1n) is 9.05. The Morgan fingerprint density at radius 2 is 1.68 bits per heavy atom. The van der Waals surface area contributed by atoms with Gasteiger partial charge in [0.05, 0.1) is 11.1 Å². The molecule has 0 saturated carbocycles. The van der Waals surface area contributed by atoms with E-state index in [9.17, 15) is 9.18 Å². The summed E-state index contributed by atoms with van der Waals surface area (Å²) >= 11 is 0. The van der Waals surface area contributed by atoms with E-state index in [0.29, 0.717) is 11.3 Å². The largest absolute Gasteiger partial charge is 0.322 e. The normalized spacial score (nSPS) is 10.8. The molecule has 138 valence electrons. The van der Waals surface area contributed by atoms with Gasteiger partial charge in [-0.3, -0.25) is 9.78 Å². The topological polar surface area (TPSA) is 42.0 Å². The molecule has 28 heavy (non-hydrogen) atoms. The molecule has 0 atom stereocenters. The van der Waals surface area contributed by atoms with Crippen LogP contribution in [0.5, 0.6) is 0 Å². The zero-order chi connectivity index (χ0) is 19.7. The third-order valence-corrected chi connectivity index (χ3v) is 4.66. The molecule has 0 aliphatic rings. The molecule has 4 aromatic rings. The molecule has 0 unspecified atom stereocenters. The Hall–Kier alpha value is -3.53. The van der Waals surface area contributed by atoms with E-state index in [4.69, 9.17) is 4.98 Å². The van der Waals surface area contributed by atoms with Crippen molar-refractivity contribution >= 4 is 22.5 Å². The van der Waals surface area contributed by atoms with Gasteiger partial charge >= 0.3 is 0 Å². The molecule has 1 heterocycles. The number of aryl methyl sites for hydroxylation is 2. The zero-order valence-corrected chi connectivity index (χ0v) is 15.7. The Kier molecular flexibility index (Phi) is 4.62. The summed E-state index contributed by atoms with van der Waals surface area (Å²) in [5.74, 6) is -0.683. The molecule has 0 fully saturated rings. The highest BCUT2D eigenvalue weighted by Gasteiger charge is 2.15. The quantitative estimate of drug-likeness (QED) is 0.487. The summed E-state index contributed by atoms with van der Waals surface area (Å²) in [6.07, 6.45) is 0. The molecule has 0 spiro atoms. The van der Waals surface area contributed by atoms with Crippen LogP contribution in [0.3, 0.4) is 0 Å². The van der Waals surface area contributed by atoms with E-state index >= 15 is 0 Å². The van der Waals surface area contributed by atoms with Crippen LogP contribution in [0.15, 0.2) is 72.8 Å². The van der Waals surface area contributed by atoms with E-state index < -0.39 is 5.82 Å². The van der Waals surface area contributed by atoms with Crippen LogP contribution in [0, 0.1) is 19.7 Å². The molecule has 0 saturated heterocycles. The SMILES string of the molecule is Cc1ccc(-c2cccc3c(C(=O)Nc4cccc(F)c4)cc(C)nc23)cc1. The van der Waals surface area contributed by atoms with Crippen molar-refractivity contribution in [1.29, 1.82) is 0 Å². The molecular weight excluding hydrogens is 351 g/mol. The zero-order valence-electron chi connectivity index (χ0n) is 15.7. The fraction of sp³-hybridized carbons (Fsp3) is 0.0833. The summed E-state index contributed by atoms with van der Waals surface area (Å²) < 4.78 is 13.4. The first kappa shape index (κ1) is 17.9. The Balaban J connectivity index is 1.82. The van der Waals surface area contributed by atoms with E-state index in [2.05, 4.69) is 29.6 Å². The number of aromatic nitrogens is 1. The minimum atomic E-state index is -0.393. The van der Waals surface area contributed by atoms with Crippen LogP contribution >= 0.6 is 0 Å². The van der Waals surface area contributed by atoms with Crippen LogP contribution in [0.1, 0.15) is 21.6 Å². The Morgan fingerprint density at radius 1 is 0.929 bits per heavy atom. The van der Waals surface area contributed by atoms with Gasteiger partial charge in [-0.15, -0.1) is 0 Å². The lowest BCUT2D eigenvalue weighted by molar-refractivity contribution is 0.102.